The van der Waals surface area contributed by atoms with Crippen molar-refractivity contribution in [1.29, 1.82) is 0 Å². The van der Waals surface area contributed by atoms with Gasteiger partial charge in [0.05, 0.1) is 13.7 Å². The summed E-state index contributed by atoms with van der Waals surface area (Å²) in [5, 5.41) is 0. The number of nitrogens with zero attached hydrogens (tertiary/aromatic N) is 4. The van der Waals surface area contributed by atoms with Crippen LogP contribution in [0.5, 0.6) is 5.75 Å². The second kappa shape index (κ2) is 9.38. The van der Waals surface area contributed by atoms with Crippen LogP contribution < -0.4 is 4.74 Å². The highest BCUT2D eigenvalue weighted by atomic mass is 16.5. The Morgan fingerprint density at radius 2 is 1.88 bits per heavy atom. The number of hydrogen-bond acceptors (Lipinski definition) is 4. The van der Waals surface area contributed by atoms with E-state index in [-0.39, 0.29) is 11.8 Å². The van der Waals surface area contributed by atoms with E-state index in [0.29, 0.717) is 13.1 Å². The first-order valence-electron chi connectivity index (χ1n) is 8.97. The van der Waals surface area contributed by atoms with E-state index in [1.165, 1.54) is 5.56 Å². The highest BCUT2D eigenvalue weighted by Crippen LogP contribution is 2.14. The lowest BCUT2D eigenvalue weighted by Crippen LogP contribution is -2.39. The lowest BCUT2D eigenvalue weighted by molar-refractivity contribution is -0.135. The normalized spacial score (nSPS) is 11.2. The van der Waals surface area contributed by atoms with Gasteiger partial charge in [0, 0.05) is 37.9 Å². The van der Waals surface area contributed by atoms with Crippen molar-refractivity contribution in [2.24, 2.45) is 5.92 Å². The molecule has 2 rings (SSSR count). The Morgan fingerprint density at radius 1 is 1.19 bits per heavy atom. The second-order valence-electron chi connectivity index (χ2n) is 7.04. The maximum atomic E-state index is 12.6. The average molecular weight is 358 g/mol. The van der Waals surface area contributed by atoms with Crippen LogP contribution in [0.4, 0.5) is 0 Å². The van der Waals surface area contributed by atoms with Crippen molar-refractivity contribution in [1.82, 2.24) is 19.4 Å². The molecule has 26 heavy (non-hydrogen) atoms. The summed E-state index contributed by atoms with van der Waals surface area (Å²) >= 11 is 0. The summed E-state index contributed by atoms with van der Waals surface area (Å²) in [4.78, 5) is 21.1. The first-order chi connectivity index (χ1) is 12.4. The molecule has 0 saturated carbocycles. The monoisotopic (exact) mass is 358 g/mol. The zero-order valence-corrected chi connectivity index (χ0v) is 16.5. The molecule has 2 aromatic rings. The third-order valence-corrected chi connectivity index (χ3v) is 4.27. The van der Waals surface area contributed by atoms with Gasteiger partial charge in [-0.3, -0.25) is 4.79 Å². The van der Waals surface area contributed by atoms with Gasteiger partial charge >= 0.3 is 0 Å². The van der Waals surface area contributed by atoms with E-state index < -0.39 is 0 Å². The molecule has 0 aliphatic heterocycles. The molecule has 6 nitrogen and oxygen atoms in total. The minimum atomic E-state index is -0.0258. The number of hydrogen-bond donors (Lipinski definition) is 0. The molecule has 0 bridgehead atoms. The zero-order valence-electron chi connectivity index (χ0n) is 16.5. The molecule has 0 N–H and O–H groups in total. The van der Waals surface area contributed by atoms with Gasteiger partial charge in [0.25, 0.3) is 0 Å². The van der Waals surface area contributed by atoms with E-state index in [4.69, 9.17) is 4.74 Å². The average Bonchev–Trinajstić information content (AvgIpc) is 3.05. The van der Waals surface area contributed by atoms with Gasteiger partial charge in [-0.15, -0.1) is 0 Å². The lowest BCUT2D eigenvalue weighted by atomic mass is 10.2. The number of rotatable bonds is 9. The van der Waals surface area contributed by atoms with Crippen molar-refractivity contribution in [3.63, 3.8) is 0 Å². The standard InChI is InChI=1S/C20H30N4O2/c1-16(2)20(25)24(13-12-22(3)4)15-19-21-10-11-23(19)14-17-6-8-18(26-5)9-7-17/h6-11,16H,12-15H2,1-5H3. The SMILES string of the molecule is COc1ccc(Cn2ccnc2CN(CCN(C)C)C(=O)C(C)C)cc1. The molecule has 0 aliphatic carbocycles. The summed E-state index contributed by atoms with van der Waals surface area (Å²) in [7, 11) is 5.70. The molecule has 1 heterocycles. The largest absolute Gasteiger partial charge is 0.497 e. The number of ether oxygens (including phenoxy) is 1. The van der Waals surface area contributed by atoms with E-state index in [1.54, 1.807) is 13.3 Å². The number of amides is 1. The molecule has 1 aromatic heterocycles. The summed E-state index contributed by atoms with van der Waals surface area (Å²) in [5.74, 6) is 1.87. The quantitative estimate of drug-likeness (QED) is 0.691. The van der Waals surface area contributed by atoms with Gasteiger partial charge in [0.1, 0.15) is 11.6 Å². The van der Waals surface area contributed by atoms with Crippen LogP contribution in [0.2, 0.25) is 0 Å². The Balaban J connectivity index is 2.11. The first kappa shape index (κ1) is 20.0. The maximum absolute atomic E-state index is 12.6. The van der Waals surface area contributed by atoms with Crippen LogP contribution in [0.3, 0.4) is 0 Å². The van der Waals surface area contributed by atoms with Gasteiger partial charge in [0.2, 0.25) is 5.91 Å². The van der Waals surface area contributed by atoms with Crippen molar-refractivity contribution in [3.05, 3.63) is 48.0 Å². The Morgan fingerprint density at radius 3 is 2.46 bits per heavy atom. The third-order valence-electron chi connectivity index (χ3n) is 4.27. The fourth-order valence-corrected chi connectivity index (χ4v) is 2.69. The molecule has 0 aliphatic rings. The third kappa shape index (κ3) is 5.59. The van der Waals surface area contributed by atoms with Crippen LogP contribution in [-0.2, 0) is 17.9 Å². The molecule has 0 fully saturated rings. The predicted molar refractivity (Wildman–Crippen MR) is 103 cm³/mol. The fourth-order valence-electron chi connectivity index (χ4n) is 2.69. The number of methoxy groups -OCH3 is 1. The number of carbonyl (C=O) groups excluding carboxylic acids is 1. The molecule has 6 heteroatoms. The number of benzene rings is 1. The van der Waals surface area contributed by atoms with Crippen LogP contribution in [-0.4, -0.2) is 59.6 Å². The number of likely N-dealkylation sites (N-methyl/N-ethyl adjacent to an activating group) is 1. The van der Waals surface area contributed by atoms with Crippen LogP contribution in [0, 0.1) is 5.92 Å². The topological polar surface area (TPSA) is 50.6 Å². The van der Waals surface area contributed by atoms with E-state index >= 15 is 0 Å². The second-order valence-corrected chi connectivity index (χ2v) is 7.04. The highest BCUT2D eigenvalue weighted by molar-refractivity contribution is 5.78. The predicted octanol–water partition coefficient (Wildman–Crippen LogP) is 2.49. The van der Waals surface area contributed by atoms with Crippen LogP contribution in [0.1, 0.15) is 25.2 Å². The van der Waals surface area contributed by atoms with Crippen molar-refractivity contribution >= 4 is 5.91 Å². The molecule has 0 radical (unpaired) electrons. The van der Waals surface area contributed by atoms with Crippen LogP contribution in [0.15, 0.2) is 36.7 Å². The number of aromatic nitrogens is 2. The molecular weight excluding hydrogens is 328 g/mol. The van der Waals surface area contributed by atoms with Gasteiger partial charge in [-0.05, 0) is 31.8 Å². The van der Waals surface area contributed by atoms with Gasteiger partial charge in [0.15, 0.2) is 0 Å². The zero-order chi connectivity index (χ0) is 19.1. The summed E-state index contributed by atoms with van der Waals surface area (Å²) in [6, 6.07) is 8.01. The summed E-state index contributed by atoms with van der Waals surface area (Å²) < 4.78 is 7.30. The number of imidazole rings is 1. The molecular formula is C20H30N4O2. The Bertz CT molecular complexity index is 692. The minimum absolute atomic E-state index is 0.0258. The van der Waals surface area contributed by atoms with Crippen LogP contribution in [0.25, 0.3) is 0 Å². The summed E-state index contributed by atoms with van der Waals surface area (Å²) in [5.41, 5.74) is 1.17. The van der Waals surface area contributed by atoms with Gasteiger partial charge in [-0.2, -0.15) is 0 Å². The van der Waals surface area contributed by atoms with E-state index in [2.05, 4.69) is 14.5 Å². The minimum Gasteiger partial charge on any atom is -0.497 e. The summed E-state index contributed by atoms with van der Waals surface area (Å²) in [6.07, 6.45) is 3.76. The van der Waals surface area contributed by atoms with Gasteiger partial charge in [-0.1, -0.05) is 26.0 Å². The highest BCUT2D eigenvalue weighted by Gasteiger charge is 2.19. The Hall–Kier alpha value is -2.34. The molecule has 0 saturated heterocycles. The van der Waals surface area contributed by atoms with Crippen LogP contribution >= 0.6 is 0 Å². The van der Waals surface area contributed by atoms with Crippen molar-refractivity contribution in [3.8, 4) is 5.75 Å². The molecule has 0 atom stereocenters. The summed E-state index contributed by atoms with van der Waals surface area (Å²) in [6.45, 7) is 6.64. The molecule has 1 aromatic carbocycles. The number of carbonyl (C=O) groups is 1. The van der Waals surface area contributed by atoms with Crippen molar-refractivity contribution in [2.75, 3.05) is 34.3 Å². The first-order valence-corrected chi connectivity index (χ1v) is 8.97. The Kier molecular flexibility index (Phi) is 7.21. The van der Waals surface area contributed by atoms with Crippen molar-refractivity contribution in [2.45, 2.75) is 26.9 Å². The van der Waals surface area contributed by atoms with E-state index in [0.717, 1.165) is 24.7 Å². The molecule has 0 spiro atoms. The smallest absolute Gasteiger partial charge is 0.225 e. The van der Waals surface area contributed by atoms with Gasteiger partial charge < -0.3 is 19.1 Å². The fraction of sp³-hybridized carbons (Fsp3) is 0.500. The molecule has 0 unspecified atom stereocenters. The van der Waals surface area contributed by atoms with E-state index in [1.807, 2.05) is 63.3 Å². The van der Waals surface area contributed by atoms with E-state index in [9.17, 15) is 4.79 Å². The molecule has 1 amide bonds. The maximum Gasteiger partial charge on any atom is 0.225 e. The van der Waals surface area contributed by atoms with Gasteiger partial charge in [-0.25, -0.2) is 4.98 Å². The Labute approximate surface area is 156 Å². The molecule has 142 valence electrons. The lowest BCUT2D eigenvalue weighted by Gasteiger charge is -2.26. The van der Waals surface area contributed by atoms with Crippen molar-refractivity contribution < 1.29 is 9.53 Å².